The van der Waals surface area contributed by atoms with Crippen molar-refractivity contribution in [3.8, 4) is 0 Å². The molecule has 0 aromatic heterocycles. The number of carbonyl (C=O) groups is 2. The number of likely N-dealkylation sites (N-methyl/N-ethyl adjacent to an activating group) is 1. The molecule has 0 aliphatic carbocycles. The fourth-order valence-corrected chi connectivity index (χ4v) is 4.63. The first-order valence-corrected chi connectivity index (χ1v) is 10.9. The molecule has 3 rings (SSSR count). The van der Waals surface area contributed by atoms with E-state index in [0.29, 0.717) is 30.5 Å². The Hall–Kier alpha value is -1.44. The second-order valence-corrected chi connectivity index (χ2v) is 8.20. The van der Waals surface area contributed by atoms with Gasteiger partial charge >= 0.3 is 5.97 Å². The van der Waals surface area contributed by atoms with Crippen LogP contribution in [0.3, 0.4) is 0 Å². The minimum Gasteiger partial charge on any atom is -0.450 e. The first kappa shape index (κ1) is 21.3. The number of carbonyl (C=O) groups excluding carboxylic acids is 2. The molecule has 7 heteroatoms. The van der Waals surface area contributed by atoms with Gasteiger partial charge in [-0.3, -0.25) is 4.79 Å². The first-order valence-electron chi connectivity index (χ1n) is 10.9. The number of nitrogens with one attached hydrogen (secondary N) is 1. The van der Waals surface area contributed by atoms with Gasteiger partial charge in [-0.1, -0.05) is 13.8 Å². The summed E-state index contributed by atoms with van der Waals surface area (Å²) in [5.41, 5.74) is 0.343. The van der Waals surface area contributed by atoms with Crippen LogP contribution in [0.25, 0.3) is 0 Å². The maximum absolute atomic E-state index is 12.9. The molecule has 7 nitrogen and oxygen atoms in total. The SMILES string of the molecule is CCN1CCN(CCCNC(=O)C2=C(C)C(=O)OC23CCN(CC)CC3)CC1. The zero-order valence-corrected chi connectivity index (χ0v) is 17.8. The predicted octanol–water partition coefficient (Wildman–Crippen LogP) is 0.858. The van der Waals surface area contributed by atoms with Gasteiger partial charge in [0.15, 0.2) is 0 Å². The van der Waals surface area contributed by atoms with E-state index in [1.54, 1.807) is 6.92 Å². The molecule has 1 amide bonds. The van der Waals surface area contributed by atoms with Crippen LogP contribution in [0.2, 0.25) is 0 Å². The van der Waals surface area contributed by atoms with Crippen LogP contribution in [0.4, 0.5) is 0 Å². The van der Waals surface area contributed by atoms with Gasteiger partial charge in [-0.2, -0.15) is 0 Å². The number of hydrogen-bond donors (Lipinski definition) is 1. The highest BCUT2D eigenvalue weighted by Crippen LogP contribution is 2.40. The number of piperazine rings is 1. The average Bonchev–Trinajstić information content (AvgIpc) is 2.95. The number of nitrogens with zero attached hydrogens (tertiary/aromatic N) is 3. The van der Waals surface area contributed by atoms with Crippen molar-refractivity contribution in [2.45, 2.75) is 45.6 Å². The lowest BCUT2D eigenvalue weighted by Gasteiger charge is -2.39. The predicted molar refractivity (Wildman–Crippen MR) is 109 cm³/mol. The Kier molecular flexibility index (Phi) is 7.12. The third kappa shape index (κ3) is 4.58. The van der Waals surface area contributed by atoms with Crippen LogP contribution in [-0.4, -0.2) is 97.6 Å². The number of hydrogen-bond acceptors (Lipinski definition) is 6. The van der Waals surface area contributed by atoms with Crippen LogP contribution >= 0.6 is 0 Å². The summed E-state index contributed by atoms with van der Waals surface area (Å²) >= 11 is 0. The highest BCUT2D eigenvalue weighted by molar-refractivity contribution is 6.07. The summed E-state index contributed by atoms with van der Waals surface area (Å²) < 4.78 is 5.74. The number of amides is 1. The van der Waals surface area contributed by atoms with Gasteiger partial charge in [0.1, 0.15) is 5.60 Å². The van der Waals surface area contributed by atoms with E-state index in [2.05, 4.69) is 33.9 Å². The Morgan fingerprint density at radius 2 is 1.57 bits per heavy atom. The zero-order valence-electron chi connectivity index (χ0n) is 17.8. The highest BCUT2D eigenvalue weighted by Gasteiger charge is 2.50. The van der Waals surface area contributed by atoms with E-state index >= 15 is 0 Å². The summed E-state index contributed by atoms with van der Waals surface area (Å²) in [6.45, 7) is 16.0. The molecular weight excluding hydrogens is 356 g/mol. The van der Waals surface area contributed by atoms with Crippen molar-refractivity contribution >= 4 is 11.9 Å². The summed E-state index contributed by atoms with van der Waals surface area (Å²) in [7, 11) is 0. The average molecular weight is 393 g/mol. The molecule has 1 spiro atoms. The largest absolute Gasteiger partial charge is 0.450 e. The molecule has 2 saturated heterocycles. The Balaban J connectivity index is 1.49. The molecule has 158 valence electrons. The number of likely N-dealkylation sites (tertiary alicyclic amines) is 1. The monoisotopic (exact) mass is 392 g/mol. The highest BCUT2D eigenvalue weighted by atomic mass is 16.6. The smallest absolute Gasteiger partial charge is 0.335 e. The molecule has 2 fully saturated rings. The molecular formula is C21H36N4O3. The van der Waals surface area contributed by atoms with Crippen molar-refractivity contribution in [2.75, 3.05) is 65.4 Å². The quantitative estimate of drug-likeness (QED) is 0.512. The Labute approximate surface area is 169 Å². The van der Waals surface area contributed by atoms with E-state index in [1.807, 2.05) is 0 Å². The lowest BCUT2D eigenvalue weighted by atomic mass is 9.82. The Morgan fingerprint density at radius 3 is 2.18 bits per heavy atom. The number of esters is 1. The lowest BCUT2D eigenvalue weighted by Crippen LogP contribution is -2.49. The molecule has 0 radical (unpaired) electrons. The van der Waals surface area contributed by atoms with Crippen molar-refractivity contribution in [3.05, 3.63) is 11.1 Å². The Bertz CT molecular complexity index is 603. The second-order valence-electron chi connectivity index (χ2n) is 8.20. The molecule has 0 unspecified atom stereocenters. The van der Waals surface area contributed by atoms with Gasteiger partial charge in [0.25, 0.3) is 5.91 Å². The first-order chi connectivity index (χ1) is 13.5. The molecule has 0 atom stereocenters. The standard InChI is InChI=1S/C21H36N4O3/c1-4-23-11-7-21(8-12-23)18(17(3)20(27)28-21)19(26)22-9-6-10-25-15-13-24(5-2)14-16-25/h4-16H2,1-3H3,(H,22,26). The molecule has 0 bridgehead atoms. The van der Waals surface area contributed by atoms with Crippen LogP contribution in [0.15, 0.2) is 11.1 Å². The third-order valence-electron chi connectivity index (χ3n) is 6.61. The van der Waals surface area contributed by atoms with Crippen molar-refractivity contribution in [1.82, 2.24) is 20.0 Å². The van der Waals surface area contributed by atoms with Crippen molar-refractivity contribution in [3.63, 3.8) is 0 Å². The molecule has 1 N–H and O–H groups in total. The van der Waals surface area contributed by atoms with Crippen molar-refractivity contribution in [2.24, 2.45) is 0 Å². The minimum absolute atomic E-state index is 0.121. The normalized spacial score (nSPS) is 24.0. The second kappa shape index (κ2) is 9.37. The van der Waals surface area contributed by atoms with E-state index < -0.39 is 5.60 Å². The van der Waals surface area contributed by atoms with Gasteiger partial charge in [-0.15, -0.1) is 0 Å². The maximum atomic E-state index is 12.9. The minimum atomic E-state index is -0.715. The zero-order chi connectivity index (χ0) is 20.1. The molecule has 3 aliphatic rings. The van der Waals surface area contributed by atoms with Gasteiger partial charge in [-0.05, 0) is 33.0 Å². The van der Waals surface area contributed by atoms with Gasteiger partial charge in [-0.25, -0.2) is 4.79 Å². The third-order valence-corrected chi connectivity index (χ3v) is 6.61. The van der Waals surface area contributed by atoms with Crippen molar-refractivity contribution < 1.29 is 14.3 Å². The van der Waals surface area contributed by atoms with Crippen LogP contribution in [0.1, 0.15) is 40.0 Å². The fraction of sp³-hybridized carbons (Fsp3) is 0.810. The molecule has 3 heterocycles. The van der Waals surface area contributed by atoms with E-state index in [0.717, 1.165) is 65.3 Å². The molecule has 3 aliphatic heterocycles. The number of piperidine rings is 1. The summed E-state index contributed by atoms with van der Waals surface area (Å²) in [5.74, 6) is -0.451. The molecule has 0 aromatic carbocycles. The Morgan fingerprint density at radius 1 is 1.00 bits per heavy atom. The van der Waals surface area contributed by atoms with Gasteiger partial charge in [0.2, 0.25) is 0 Å². The summed E-state index contributed by atoms with van der Waals surface area (Å²) in [5, 5.41) is 3.05. The molecule has 28 heavy (non-hydrogen) atoms. The van der Waals surface area contributed by atoms with E-state index in [9.17, 15) is 9.59 Å². The van der Waals surface area contributed by atoms with Crippen molar-refractivity contribution in [1.29, 1.82) is 0 Å². The van der Waals surface area contributed by atoms with Crippen LogP contribution in [0.5, 0.6) is 0 Å². The van der Waals surface area contributed by atoms with Gasteiger partial charge in [0, 0.05) is 64.2 Å². The number of ether oxygens (including phenoxy) is 1. The van der Waals surface area contributed by atoms with E-state index in [4.69, 9.17) is 4.74 Å². The van der Waals surface area contributed by atoms with Crippen LogP contribution < -0.4 is 5.32 Å². The van der Waals surface area contributed by atoms with E-state index in [-0.39, 0.29) is 11.9 Å². The lowest BCUT2D eigenvalue weighted by molar-refractivity contribution is -0.150. The summed E-state index contributed by atoms with van der Waals surface area (Å²) in [4.78, 5) is 32.4. The van der Waals surface area contributed by atoms with Gasteiger partial charge in [0.05, 0.1) is 5.57 Å². The van der Waals surface area contributed by atoms with Crippen LogP contribution in [0, 0.1) is 0 Å². The topological polar surface area (TPSA) is 65.1 Å². The molecule has 0 aromatic rings. The van der Waals surface area contributed by atoms with Crippen LogP contribution in [-0.2, 0) is 14.3 Å². The van der Waals surface area contributed by atoms with Gasteiger partial charge < -0.3 is 24.8 Å². The maximum Gasteiger partial charge on any atom is 0.335 e. The fourth-order valence-electron chi connectivity index (χ4n) is 4.63. The summed E-state index contributed by atoms with van der Waals surface area (Å²) in [6, 6.07) is 0. The number of rotatable bonds is 7. The van der Waals surface area contributed by atoms with E-state index in [1.165, 1.54) is 0 Å². The summed E-state index contributed by atoms with van der Waals surface area (Å²) in [6.07, 6.45) is 2.33. The molecule has 0 saturated carbocycles.